The van der Waals surface area contributed by atoms with E-state index in [-0.39, 0.29) is 0 Å². The van der Waals surface area contributed by atoms with Crippen molar-refractivity contribution in [2.75, 3.05) is 46.2 Å². The third-order valence-corrected chi connectivity index (χ3v) is 13.9. The molecule has 0 aliphatic carbocycles. The van der Waals surface area contributed by atoms with Gasteiger partial charge in [0.2, 0.25) is 17.7 Å². The number of carbonyl (C=O) groups is 3. The maximum Gasteiger partial charge on any atom is 0.397 e. The molecule has 0 radical (unpaired) electrons. The van der Waals surface area contributed by atoms with Crippen molar-refractivity contribution in [2.45, 2.75) is 199 Å². The van der Waals surface area contributed by atoms with Gasteiger partial charge in [0.05, 0.1) is 52.3 Å². The molecule has 21 N–H and O–H groups in total. The van der Waals surface area contributed by atoms with Crippen molar-refractivity contribution < 1.29 is 166 Å². The summed E-state index contributed by atoms with van der Waals surface area (Å²) in [5.74, 6) is -2.68. The Morgan fingerprint density at radius 1 is 0.475 bits per heavy atom. The standard InChI is InChI=1S/C42H73N3O34S/c1-11(52)43-14(4-46)33(23(56)15(55)5-47)75-41-31(64)36(25(58)17(7-49)71-41)79-39-22(45-13(3)54)28(61)35(20(74-39)10-69-80(66,67)68)77-42-32(65)37(26(59)18(8-50)72-42)78-38-21(44-12(2)53)27(60)34(19(9-51)73-38)76-40-30(63)29(62)24(57)16(6-48)70-40/h14-42,46-51,55-65H,4-10H2,1-3H3,(H,43,52)(H,44,53)(H,45,54)(H,66,67,68)/t14-,15+,16+,17+,18+,19+,20+,21+,22+,23-,24-,25-,26-,27+,28+,29-,30-,31+,32+,33+,34+,35+,36-,37+,38-,39-,40-,41-,42-/m0/s1. The largest absolute Gasteiger partial charge is 0.397 e. The number of nitrogens with one attached hydrogen (secondary N) is 3. The quantitative estimate of drug-likeness (QED) is 0.0378. The molecule has 38 heteroatoms. The highest BCUT2D eigenvalue weighted by Gasteiger charge is 2.58. The molecule has 0 unspecified atom stereocenters. The number of ether oxygens (including phenoxy) is 10. The molecule has 0 spiro atoms. The van der Waals surface area contributed by atoms with Gasteiger partial charge in [-0.05, 0) is 0 Å². The molecule has 3 amide bonds. The van der Waals surface area contributed by atoms with Crippen LogP contribution in [0, 0.1) is 0 Å². The van der Waals surface area contributed by atoms with Crippen LogP contribution < -0.4 is 16.0 Å². The molecular weight excluding hydrogens is 1120 g/mol. The molecule has 37 nitrogen and oxygen atoms in total. The predicted molar refractivity (Wildman–Crippen MR) is 247 cm³/mol. The summed E-state index contributed by atoms with van der Waals surface area (Å²) in [6, 6.07) is -5.43. The second-order valence-electron chi connectivity index (χ2n) is 19.3. The first kappa shape index (κ1) is 68.0. The van der Waals surface area contributed by atoms with E-state index in [1.807, 2.05) is 0 Å². The molecule has 29 atom stereocenters. The van der Waals surface area contributed by atoms with Crippen molar-refractivity contribution in [3.05, 3.63) is 0 Å². The maximum absolute atomic E-state index is 12.7. The summed E-state index contributed by atoms with van der Waals surface area (Å²) in [6.07, 6.45) is -53.3. The Labute approximate surface area is 453 Å². The lowest BCUT2D eigenvalue weighted by Crippen LogP contribution is -2.70. The van der Waals surface area contributed by atoms with E-state index in [1.165, 1.54) is 0 Å². The molecule has 0 saturated carbocycles. The van der Waals surface area contributed by atoms with Crippen molar-refractivity contribution in [2.24, 2.45) is 0 Å². The Morgan fingerprint density at radius 3 is 1.30 bits per heavy atom. The lowest BCUT2D eigenvalue weighted by atomic mass is 9.94. The number of aliphatic hydroxyl groups excluding tert-OH is 17. The first-order valence-corrected chi connectivity index (χ1v) is 26.0. The Morgan fingerprint density at radius 2 is 0.875 bits per heavy atom. The highest BCUT2D eigenvalue weighted by molar-refractivity contribution is 7.80. The lowest BCUT2D eigenvalue weighted by molar-refractivity contribution is -0.383. The topological polar surface area (TPSA) is 587 Å². The second-order valence-corrected chi connectivity index (χ2v) is 20.3. The van der Waals surface area contributed by atoms with Crippen LogP contribution in [-0.2, 0) is 76.3 Å². The van der Waals surface area contributed by atoms with Crippen LogP contribution in [0.2, 0.25) is 0 Å². The molecule has 0 aromatic carbocycles. The molecule has 466 valence electrons. The number of amides is 3. The third kappa shape index (κ3) is 16.3. The van der Waals surface area contributed by atoms with Gasteiger partial charge in [-0.1, -0.05) is 0 Å². The monoisotopic (exact) mass is 1200 g/mol. The fourth-order valence-corrected chi connectivity index (χ4v) is 9.77. The molecular formula is C42H73N3O34S. The Kier molecular flexibility index (Phi) is 25.3. The zero-order chi connectivity index (χ0) is 59.8. The Balaban J connectivity index is 1.45. The van der Waals surface area contributed by atoms with Crippen molar-refractivity contribution >= 4 is 28.1 Å². The summed E-state index contributed by atoms with van der Waals surface area (Å²) < 4.78 is 95.3. The second kappa shape index (κ2) is 29.8. The summed E-state index contributed by atoms with van der Waals surface area (Å²) in [4.78, 5) is 37.2. The third-order valence-electron chi connectivity index (χ3n) is 13.5. The highest BCUT2D eigenvalue weighted by atomic mass is 32.3. The van der Waals surface area contributed by atoms with Crippen LogP contribution in [0.3, 0.4) is 0 Å². The van der Waals surface area contributed by atoms with Crippen LogP contribution in [0.4, 0.5) is 0 Å². The fourth-order valence-electron chi connectivity index (χ4n) is 9.46. The number of hydrogen-bond donors (Lipinski definition) is 21. The Bertz CT molecular complexity index is 2070. The predicted octanol–water partition coefficient (Wildman–Crippen LogP) is -14.2. The van der Waals surface area contributed by atoms with Crippen molar-refractivity contribution in [1.82, 2.24) is 16.0 Å². The number of hydrogen-bond acceptors (Lipinski definition) is 33. The minimum atomic E-state index is -5.43. The van der Waals surface area contributed by atoms with Crippen LogP contribution in [-0.4, -0.2) is 342 Å². The van der Waals surface area contributed by atoms with Gasteiger partial charge in [0.25, 0.3) is 0 Å². The summed E-state index contributed by atoms with van der Waals surface area (Å²) >= 11 is 0. The van der Waals surface area contributed by atoms with Gasteiger partial charge < -0.3 is 150 Å². The Hall–Kier alpha value is -2.80. The average Bonchev–Trinajstić information content (AvgIpc) is 3.47. The molecule has 5 saturated heterocycles. The first-order valence-electron chi connectivity index (χ1n) is 24.7. The zero-order valence-corrected chi connectivity index (χ0v) is 43.5. The van der Waals surface area contributed by atoms with Crippen LogP contribution in [0.1, 0.15) is 20.8 Å². The van der Waals surface area contributed by atoms with Gasteiger partial charge in [0.15, 0.2) is 31.5 Å². The maximum atomic E-state index is 12.7. The number of aliphatic hydroxyl groups is 17. The summed E-state index contributed by atoms with van der Waals surface area (Å²) in [5, 5.41) is 189. The number of rotatable bonds is 25. The van der Waals surface area contributed by atoms with E-state index < -0.39 is 252 Å². The lowest BCUT2D eigenvalue weighted by Gasteiger charge is -2.51. The van der Waals surface area contributed by atoms with Crippen molar-refractivity contribution in [3.8, 4) is 0 Å². The van der Waals surface area contributed by atoms with Crippen LogP contribution in [0.25, 0.3) is 0 Å². The van der Waals surface area contributed by atoms with E-state index in [0.717, 1.165) is 20.8 Å². The minimum Gasteiger partial charge on any atom is -0.394 e. The van der Waals surface area contributed by atoms with Gasteiger partial charge in [-0.2, -0.15) is 8.42 Å². The molecule has 5 rings (SSSR count). The smallest absolute Gasteiger partial charge is 0.394 e. The molecule has 5 aliphatic heterocycles. The van der Waals surface area contributed by atoms with E-state index in [2.05, 4.69) is 20.1 Å². The zero-order valence-electron chi connectivity index (χ0n) is 42.7. The molecule has 5 aliphatic rings. The van der Waals surface area contributed by atoms with E-state index in [1.54, 1.807) is 0 Å². The first-order chi connectivity index (χ1) is 37.6. The molecule has 80 heavy (non-hydrogen) atoms. The van der Waals surface area contributed by atoms with E-state index >= 15 is 0 Å². The van der Waals surface area contributed by atoms with Crippen molar-refractivity contribution in [1.29, 1.82) is 0 Å². The van der Waals surface area contributed by atoms with Crippen LogP contribution in [0.15, 0.2) is 0 Å². The van der Waals surface area contributed by atoms with Gasteiger partial charge in [0, 0.05) is 20.8 Å². The molecule has 5 fully saturated rings. The highest BCUT2D eigenvalue weighted by Crippen LogP contribution is 2.37. The van der Waals surface area contributed by atoms with Gasteiger partial charge in [-0.25, -0.2) is 4.18 Å². The van der Waals surface area contributed by atoms with Gasteiger partial charge in [0.1, 0.15) is 140 Å². The normalized spacial score (nSPS) is 42.4. The van der Waals surface area contributed by atoms with Crippen LogP contribution >= 0.6 is 0 Å². The van der Waals surface area contributed by atoms with Crippen LogP contribution in [0.5, 0.6) is 0 Å². The molecule has 5 heterocycles. The van der Waals surface area contributed by atoms with Gasteiger partial charge in [-0.15, -0.1) is 0 Å². The van der Waals surface area contributed by atoms with Gasteiger partial charge >= 0.3 is 10.4 Å². The van der Waals surface area contributed by atoms with E-state index in [4.69, 9.17) is 47.4 Å². The molecule has 0 aromatic rings. The molecule has 0 bridgehead atoms. The summed E-state index contributed by atoms with van der Waals surface area (Å²) in [6.45, 7) is -4.78. The summed E-state index contributed by atoms with van der Waals surface area (Å²) in [5.41, 5.74) is 0. The SMILES string of the molecule is CC(=O)N[C@H]1[C@H](O[C@@H]2[C@@H](O)[C@@H](CO)O[C@@H](O[C@H]3[C@H](O)[C@@H](NC(C)=O)[C@H](O[C@H]4[C@@H](O)[C@@H](CO)O[C@@H](O[C@@H]([C@@H](O)[C@H](O)CO)[C@H](CO)NC(C)=O)[C@@H]4O)O[C@@H]3COS(=O)(=O)O)[C@@H]2O)O[C@H](CO)[C@@H](O[C@@H]2O[C@H](CO)[C@H](O)[C@H](O)[C@@H]2O)[C@@H]1O. The van der Waals surface area contributed by atoms with E-state index in [0.29, 0.717) is 0 Å². The molecule has 0 aromatic heterocycles. The average molecular weight is 1200 g/mol. The van der Waals surface area contributed by atoms with Crippen molar-refractivity contribution in [3.63, 3.8) is 0 Å². The van der Waals surface area contributed by atoms with Gasteiger partial charge in [-0.3, -0.25) is 18.9 Å². The summed E-state index contributed by atoms with van der Waals surface area (Å²) in [7, 11) is -5.43. The number of carbonyl (C=O) groups excluding carboxylic acids is 3. The fraction of sp³-hybridized carbons (Fsp3) is 0.929. The van der Waals surface area contributed by atoms with E-state index in [9.17, 15) is 114 Å². The minimum absolute atomic E-state index is 0.807.